The van der Waals surface area contributed by atoms with Gasteiger partial charge in [-0.1, -0.05) is 12.1 Å². The number of carbonyl (C=O) groups excluding carboxylic acids is 1. The molecule has 0 bridgehead atoms. The minimum Gasteiger partial charge on any atom is -0.372 e. The van der Waals surface area contributed by atoms with Crippen molar-refractivity contribution in [3.05, 3.63) is 29.8 Å². The van der Waals surface area contributed by atoms with Crippen molar-refractivity contribution in [3.63, 3.8) is 0 Å². The van der Waals surface area contributed by atoms with E-state index in [0.717, 1.165) is 58.3 Å². The van der Waals surface area contributed by atoms with E-state index in [-0.39, 0.29) is 11.9 Å². The molecule has 0 aromatic heterocycles. The van der Waals surface area contributed by atoms with Crippen LogP contribution in [0.15, 0.2) is 29.3 Å². The summed E-state index contributed by atoms with van der Waals surface area (Å²) in [6.45, 7) is 11.5. The standard InChI is InChI=1S/C22H36N6O/c1-18(20-7-6-8-21(17-20)28-10-4-5-11-28)25-22(23-3)24-9-12-26-13-15-27(16-14-26)19(2)29/h6-8,17-18H,4-5,9-16H2,1-3H3,(H2,23,24,25). The fourth-order valence-corrected chi connectivity index (χ4v) is 4.07. The number of hydrogen-bond donors (Lipinski definition) is 2. The van der Waals surface area contributed by atoms with E-state index in [0.29, 0.717) is 0 Å². The summed E-state index contributed by atoms with van der Waals surface area (Å²) < 4.78 is 0. The van der Waals surface area contributed by atoms with E-state index < -0.39 is 0 Å². The molecule has 2 saturated heterocycles. The number of carbonyl (C=O) groups is 1. The van der Waals surface area contributed by atoms with Gasteiger partial charge in [0.05, 0.1) is 6.04 Å². The van der Waals surface area contributed by atoms with Gasteiger partial charge in [0.15, 0.2) is 5.96 Å². The van der Waals surface area contributed by atoms with Gasteiger partial charge in [0.1, 0.15) is 0 Å². The Hall–Kier alpha value is -2.28. The molecule has 2 aliphatic heterocycles. The number of aliphatic imine (C=N–C) groups is 1. The molecule has 0 aliphatic carbocycles. The largest absolute Gasteiger partial charge is 0.372 e. The molecule has 3 rings (SSSR count). The maximum absolute atomic E-state index is 11.4. The van der Waals surface area contributed by atoms with Gasteiger partial charge in [-0.15, -0.1) is 0 Å². The Bertz CT molecular complexity index is 692. The molecule has 1 amide bonds. The maximum atomic E-state index is 11.4. The second kappa shape index (κ2) is 10.5. The molecular weight excluding hydrogens is 364 g/mol. The Morgan fingerprint density at radius 1 is 1.14 bits per heavy atom. The Balaban J connectivity index is 1.44. The highest BCUT2D eigenvalue weighted by atomic mass is 16.2. The summed E-state index contributed by atoms with van der Waals surface area (Å²) in [4.78, 5) is 22.6. The van der Waals surface area contributed by atoms with E-state index in [1.165, 1.54) is 24.1 Å². The first-order valence-corrected chi connectivity index (χ1v) is 10.9. The second-order valence-corrected chi connectivity index (χ2v) is 8.00. The zero-order valence-corrected chi connectivity index (χ0v) is 18.2. The minimum atomic E-state index is 0.176. The summed E-state index contributed by atoms with van der Waals surface area (Å²) >= 11 is 0. The summed E-state index contributed by atoms with van der Waals surface area (Å²) in [7, 11) is 1.81. The number of piperazine rings is 1. The van der Waals surface area contributed by atoms with Crippen LogP contribution in [0, 0.1) is 0 Å². The first kappa shape index (κ1) is 21.4. The molecule has 160 valence electrons. The van der Waals surface area contributed by atoms with Crippen molar-refractivity contribution >= 4 is 17.6 Å². The lowest BCUT2D eigenvalue weighted by molar-refractivity contribution is -0.130. The zero-order chi connectivity index (χ0) is 20.6. The van der Waals surface area contributed by atoms with Crippen LogP contribution in [-0.4, -0.2) is 81.1 Å². The first-order valence-electron chi connectivity index (χ1n) is 10.9. The number of nitrogens with zero attached hydrogens (tertiary/aromatic N) is 4. The number of rotatable bonds is 6. The molecule has 1 atom stereocenters. The van der Waals surface area contributed by atoms with E-state index in [1.54, 1.807) is 6.92 Å². The molecule has 1 unspecified atom stereocenters. The molecule has 0 spiro atoms. The molecule has 1 aromatic carbocycles. The lowest BCUT2D eigenvalue weighted by Crippen LogP contribution is -2.50. The second-order valence-electron chi connectivity index (χ2n) is 8.00. The highest BCUT2D eigenvalue weighted by Crippen LogP contribution is 2.23. The van der Waals surface area contributed by atoms with Crippen LogP contribution in [-0.2, 0) is 4.79 Å². The van der Waals surface area contributed by atoms with Crippen molar-refractivity contribution < 1.29 is 4.79 Å². The summed E-state index contributed by atoms with van der Waals surface area (Å²) in [5.74, 6) is 1.00. The highest BCUT2D eigenvalue weighted by Gasteiger charge is 2.18. The van der Waals surface area contributed by atoms with Crippen molar-refractivity contribution in [2.45, 2.75) is 32.7 Å². The van der Waals surface area contributed by atoms with Gasteiger partial charge in [-0.25, -0.2) is 0 Å². The lowest BCUT2D eigenvalue weighted by Gasteiger charge is -2.34. The van der Waals surface area contributed by atoms with Crippen LogP contribution >= 0.6 is 0 Å². The molecule has 0 saturated carbocycles. The number of benzene rings is 1. The zero-order valence-electron chi connectivity index (χ0n) is 18.2. The topological polar surface area (TPSA) is 63.2 Å². The minimum absolute atomic E-state index is 0.176. The maximum Gasteiger partial charge on any atom is 0.219 e. The average Bonchev–Trinajstić information content (AvgIpc) is 3.28. The Kier molecular flexibility index (Phi) is 7.75. The van der Waals surface area contributed by atoms with Crippen LogP contribution in [0.5, 0.6) is 0 Å². The van der Waals surface area contributed by atoms with Crippen molar-refractivity contribution in [2.75, 3.05) is 64.3 Å². The number of guanidine groups is 1. The van der Waals surface area contributed by atoms with E-state index in [9.17, 15) is 4.79 Å². The van der Waals surface area contributed by atoms with Gasteiger partial charge in [-0.2, -0.15) is 0 Å². The molecule has 7 nitrogen and oxygen atoms in total. The molecule has 29 heavy (non-hydrogen) atoms. The smallest absolute Gasteiger partial charge is 0.219 e. The van der Waals surface area contributed by atoms with E-state index in [1.807, 2.05) is 11.9 Å². The van der Waals surface area contributed by atoms with Crippen LogP contribution in [0.4, 0.5) is 5.69 Å². The molecule has 0 radical (unpaired) electrons. The fourth-order valence-electron chi connectivity index (χ4n) is 4.07. The Morgan fingerprint density at radius 2 is 1.86 bits per heavy atom. The molecule has 2 aliphatic rings. The predicted molar refractivity (Wildman–Crippen MR) is 119 cm³/mol. The summed E-state index contributed by atoms with van der Waals surface area (Å²) in [5.41, 5.74) is 2.60. The summed E-state index contributed by atoms with van der Waals surface area (Å²) in [5, 5.41) is 6.94. The fraction of sp³-hybridized carbons (Fsp3) is 0.636. The Labute approximate surface area is 175 Å². The lowest BCUT2D eigenvalue weighted by atomic mass is 10.1. The van der Waals surface area contributed by atoms with Crippen LogP contribution in [0.3, 0.4) is 0 Å². The van der Waals surface area contributed by atoms with Crippen molar-refractivity contribution in [1.82, 2.24) is 20.4 Å². The van der Waals surface area contributed by atoms with Gasteiger partial charge in [-0.3, -0.25) is 14.7 Å². The molecule has 7 heteroatoms. The van der Waals surface area contributed by atoms with Gasteiger partial charge in [0.2, 0.25) is 5.91 Å². The van der Waals surface area contributed by atoms with Gasteiger partial charge in [0, 0.05) is 72.0 Å². The Morgan fingerprint density at radius 3 is 2.52 bits per heavy atom. The number of anilines is 1. The third-order valence-electron chi connectivity index (χ3n) is 5.96. The quantitative estimate of drug-likeness (QED) is 0.562. The van der Waals surface area contributed by atoms with Gasteiger partial charge < -0.3 is 20.4 Å². The van der Waals surface area contributed by atoms with Crippen molar-refractivity contribution in [3.8, 4) is 0 Å². The van der Waals surface area contributed by atoms with Crippen LogP contribution in [0.2, 0.25) is 0 Å². The van der Waals surface area contributed by atoms with Crippen LogP contribution < -0.4 is 15.5 Å². The normalized spacial score (nSPS) is 19.3. The van der Waals surface area contributed by atoms with Gasteiger partial charge in [-0.05, 0) is 37.5 Å². The first-order chi connectivity index (χ1) is 14.1. The predicted octanol–water partition coefficient (Wildman–Crippen LogP) is 1.68. The average molecular weight is 401 g/mol. The molecular formula is C22H36N6O. The van der Waals surface area contributed by atoms with Crippen LogP contribution in [0.25, 0.3) is 0 Å². The molecule has 2 N–H and O–H groups in total. The van der Waals surface area contributed by atoms with E-state index in [2.05, 4.69) is 56.6 Å². The third-order valence-corrected chi connectivity index (χ3v) is 5.96. The molecule has 1 aromatic rings. The number of nitrogens with one attached hydrogen (secondary N) is 2. The van der Waals surface area contributed by atoms with E-state index in [4.69, 9.17) is 0 Å². The number of amides is 1. The van der Waals surface area contributed by atoms with Gasteiger partial charge >= 0.3 is 0 Å². The monoisotopic (exact) mass is 400 g/mol. The van der Waals surface area contributed by atoms with Gasteiger partial charge in [0.25, 0.3) is 0 Å². The summed E-state index contributed by atoms with van der Waals surface area (Å²) in [6, 6.07) is 9.02. The highest BCUT2D eigenvalue weighted by molar-refractivity contribution is 5.80. The third kappa shape index (κ3) is 6.10. The molecule has 2 fully saturated rings. The molecule has 2 heterocycles. The number of hydrogen-bond acceptors (Lipinski definition) is 4. The SMILES string of the molecule is CN=C(NCCN1CCN(C(C)=O)CC1)NC(C)c1cccc(N2CCCC2)c1. The summed E-state index contributed by atoms with van der Waals surface area (Å²) in [6.07, 6.45) is 2.58. The van der Waals surface area contributed by atoms with Crippen LogP contribution in [0.1, 0.15) is 38.3 Å². The van der Waals surface area contributed by atoms with E-state index >= 15 is 0 Å². The van der Waals surface area contributed by atoms with Crippen molar-refractivity contribution in [1.29, 1.82) is 0 Å². The van der Waals surface area contributed by atoms with Crippen molar-refractivity contribution in [2.24, 2.45) is 4.99 Å².